The lowest BCUT2D eigenvalue weighted by Crippen LogP contribution is -2.44. The summed E-state index contributed by atoms with van der Waals surface area (Å²) in [7, 11) is 0. The summed E-state index contributed by atoms with van der Waals surface area (Å²) in [6.45, 7) is 4.82. The van der Waals surface area contributed by atoms with Crippen molar-refractivity contribution in [2.75, 3.05) is 13.1 Å². The fourth-order valence-corrected chi connectivity index (χ4v) is 4.13. The number of hydrogen-bond acceptors (Lipinski definition) is 4. The highest BCUT2D eigenvalue weighted by atomic mass is 32.1. The van der Waals surface area contributed by atoms with Gasteiger partial charge in [0.05, 0.1) is 5.52 Å². The summed E-state index contributed by atoms with van der Waals surface area (Å²) in [6.07, 6.45) is 1.11. The van der Waals surface area contributed by atoms with Crippen LogP contribution < -0.4 is 5.32 Å². The number of aromatic nitrogens is 2. The van der Waals surface area contributed by atoms with Crippen molar-refractivity contribution >= 4 is 28.1 Å². The van der Waals surface area contributed by atoms with Gasteiger partial charge in [-0.25, -0.2) is 0 Å². The zero-order valence-corrected chi connectivity index (χ0v) is 14.4. The Labute approximate surface area is 144 Å². The first-order valence-corrected chi connectivity index (χ1v) is 9.11. The number of carbonyl (C=O) groups excluding carboxylic acids is 1. The van der Waals surface area contributed by atoms with Gasteiger partial charge in [0.1, 0.15) is 0 Å². The molecule has 2 aromatic heterocycles. The van der Waals surface area contributed by atoms with Gasteiger partial charge in [0, 0.05) is 35.9 Å². The minimum absolute atomic E-state index is 0.118. The van der Waals surface area contributed by atoms with Crippen molar-refractivity contribution < 1.29 is 4.79 Å². The molecule has 1 amide bonds. The Morgan fingerprint density at radius 2 is 2.29 bits per heavy atom. The average molecular weight is 340 g/mol. The van der Waals surface area contributed by atoms with Crippen molar-refractivity contribution in [2.24, 2.45) is 0 Å². The standard InChI is InChI=1S/C18H20N4OS/c1-12(22-8-6-16-13(11-22)7-9-24-16)10-19-18(23)17-14-4-2-3-5-15(14)20-21-17/h2-5,7,9,12H,6,8,10-11H2,1H3,(H,19,23)(H,20,21)/t12-/m0/s1. The fourth-order valence-electron chi connectivity index (χ4n) is 3.24. The Morgan fingerprint density at radius 3 is 3.21 bits per heavy atom. The molecule has 0 radical (unpaired) electrons. The van der Waals surface area contributed by atoms with Crippen LogP contribution in [0.5, 0.6) is 0 Å². The largest absolute Gasteiger partial charge is 0.349 e. The highest BCUT2D eigenvalue weighted by molar-refractivity contribution is 7.10. The van der Waals surface area contributed by atoms with Gasteiger partial charge in [0.25, 0.3) is 5.91 Å². The monoisotopic (exact) mass is 340 g/mol. The molecule has 0 bridgehead atoms. The van der Waals surface area contributed by atoms with Gasteiger partial charge >= 0.3 is 0 Å². The van der Waals surface area contributed by atoms with Gasteiger partial charge in [0.15, 0.2) is 5.69 Å². The third-order valence-corrected chi connectivity index (χ3v) is 5.73. The number of nitrogens with one attached hydrogen (secondary N) is 2. The molecule has 0 fully saturated rings. The van der Waals surface area contributed by atoms with E-state index in [0.717, 1.165) is 30.4 Å². The maximum Gasteiger partial charge on any atom is 0.272 e. The highest BCUT2D eigenvalue weighted by Gasteiger charge is 2.22. The Kier molecular flexibility index (Phi) is 4.08. The number of carbonyl (C=O) groups is 1. The second-order valence-corrected chi connectivity index (χ2v) is 7.27. The van der Waals surface area contributed by atoms with E-state index in [1.54, 1.807) is 0 Å². The van der Waals surface area contributed by atoms with Crippen molar-refractivity contribution in [3.8, 4) is 0 Å². The summed E-state index contributed by atoms with van der Waals surface area (Å²) >= 11 is 1.85. The quantitative estimate of drug-likeness (QED) is 0.768. The molecular formula is C18H20N4OS. The number of rotatable bonds is 4. The van der Waals surface area contributed by atoms with Crippen LogP contribution in [0.15, 0.2) is 35.7 Å². The molecule has 1 aromatic carbocycles. The Balaban J connectivity index is 1.39. The molecule has 1 aliphatic rings. The molecule has 1 aliphatic heterocycles. The van der Waals surface area contributed by atoms with Crippen molar-refractivity contribution in [1.82, 2.24) is 20.4 Å². The fraction of sp³-hybridized carbons (Fsp3) is 0.333. The number of para-hydroxylation sites is 1. The third-order valence-electron chi connectivity index (χ3n) is 4.70. The summed E-state index contributed by atoms with van der Waals surface area (Å²) in [5.41, 5.74) is 2.79. The van der Waals surface area contributed by atoms with Gasteiger partial charge in [-0.3, -0.25) is 14.8 Å². The Morgan fingerprint density at radius 1 is 1.42 bits per heavy atom. The van der Waals surface area contributed by atoms with E-state index in [0.29, 0.717) is 18.3 Å². The van der Waals surface area contributed by atoms with Crippen LogP contribution >= 0.6 is 11.3 Å². The van der Waals surface area contributed by atoms with E-state index in [9.17, 15) is 4.79 Å². The molecule has 5 nitrogen and oxygen atoms in total. The Hall–Kier alpha value is -2.18. The molecule has 4 rings (SSSR count). The first kappa shape index (κ1) is 15.4. The maximum absolute atomic E-state index is 12.5. The second-order valence-electron chi connectivity index (χ2n) is 6.27. The molecule has 0 aliphatic carbocycles. The van der Waals surface area contributed by atoms with Gasteiger partial charge in [-0.1, -0.05) is 18.2 Å². The first-order valence-electron chi connectivity index (χ1n) is 8.23. The zero-order valence-electron chi connectivity index (χ0n) is 13.6. The molecule has 0 unspecified atom stereocenters. The lowest BCUT2D eigenvalue weighted by Gasteiger charge is -2.32. The minimum atomic E-state index is -0.118. The first-order chi connectivity index (χ1) is 11.7. The van der Waals surface area contributed by atoms with E-state index in [2.05, 4.69) is 38.8 Å². The number of amides is 1. The number of H-pyrrole nitrogens is 1. The van der Waals surface area contributed by atoms with Crippen LogP contribution in [-0.4, -0.2) is 40.1 Å². The Bertz CT molecular complexity index is 869. The van der Waals surface area contributed by atoms with Crippen LogP contribution in [0.4, 0.5) is 0 Å². The number of aromatic amines is 1. The van der Waals surface area contributed by atoms with Crippen LogP contribution in [0.25, 0.3) is 10.9 Å². The predicted octanol–water partition coefficient (Wildman–Crippen LogP) is 2.80. The van der Waals surface area contributed by atoms with E-state index in [1.165, 1.54) is 10.4 Å². The summed E-state index contributed by atoms with van der Waals surface area (Å²) in [4.78, 5) is 16.4. The second kappa shape index (κ2) is 6.37. The third kappa shape index (κ3) is 2.83. The minimum Gasteiger partial charge on any atom is -0.349 e. The number of nitrogens with zero attached hydrogens (tertiary/aromatic N) is 2. The van der Waals surface area contributed by atoms with Crippen molar-refractivity contribution in [3.63, 3.8) is 0 Å². The van der Waals surface area contributed by atoms with Crippen molar-refractivity contribution in [3.05, 3.63) is 51.8 Å². The molecule has 0 saturated heterocycles. The van der Waals surface area contributed by atoms with E-state index in [-0.39, 0.29) is 5.91 Å². The molecule has 1 atom stereocenters. The van der Waals surface area contributed by atoms with E-state index < -0.39 is 0 Å². The zero-order chi connectivity index (χ0) is 16.5. The van der Waals surface area contributed by atoms with Gasteiger partial charge in [0.2, 0.25) is 0 Å². The molecule has 3 heterocycles. The maximum atomic E-state index is 12.5. The van der Waals surface area contributed by atoms with Crippen LogP contribution in [0.1, 0.15) is 27.9 Å². The van der Waals surface area contributed by atoms with Crippen molar-refractivity contribution in [2.45, 2.75) is 25.9 Å². The van der Waals surface area contributed by atoms with Gasteiger partial charge in [-0.15, -0.1) is 11.3 Å². The van der Waals surface area contributed by atoms with Gasteiger partial charge in [-0.2, -0.15) is 5.10 Å². The van der Waals surface area contributed by atoms with Crippen LogP contribution in [0, 0.1) is 0 Å². The molecule has 0 spiro atoms. The summed E-state index contributed by atoms with van der Waals surface area (Å²) in [6, 6.07) is 10.2. The van der Waals surface area contributed by atoms with E-state index in [1.807, 2.05) is 35.6 Å². The van der Waals surface area contributed by atoms with Crippen molar-refractivity contribution in [1.29, 1.82) is 0 Å². The summed E-state index contributed by atoms with van der Waals surface area (Å²) in [5, 5.41) is 13.1. The molecule has 2 N–H and O–H groups in total. The van der Waals surface area contributed by atoms with Crippen LogP contribution in [-0.2, 0) is 13.0 Å². The highest BCUT2D eigenvalue weighted by Crippen LogP contribution is 2.25. The molecule has 0 saturated carbocycles. The molecule has 124 valence electrons. The smallest absolute Gasteiger partial charge is 0.272 e. The topological polar surface area (TPSA) is 61.0 Å². The molecule has 6 heteroatoms. The lowest BCUT2D eigenvalue weighted by molar-refractivity contribution is 0.0929. The van der Waals surface area contributed by atoms with Gasteiger partial charge < -0.3 is 5.32 Å². The SMILES string of the molecule is C[C@@H](CNC(=O)c1n[nH]c2ccccc12)N1CCc2sccc2C1. The van der Waals surface area contributed by atoms with E-state index in [4.69, 9.17) is 0 Å². The normalized spacial score (nSPS) is 16.0. The molecule has 3 aromatic rings. The number of benzene rings is 1. The summed E-state index contributed by atoms with van der Waals surface area (Å²) < 4.78 is 0. The van der Waals surface area contributed by atoms with Gasteiger partial charge in [-0.05, 0) is 36.4 Å². The predicted molar refractivity (Wildman–Crippen MR) is 96.3 cm³/mol. The number of fused-ring (bicyclic) bond motifs is 2. The van der Waals surface area contributed by atoms with Crippen LogP contribution in [0.3, 0.4) is 0 Å². The number of thiophene rings is 1. The molecule has 24 heavy (non-hydrogen) atoms. The lowest BCUT2D eigenvalue weighted by atomic mass is 10.1. The average Bonchev–Trinajstić information content (AvgIpc) is 3.25. The van der Waals surface area contributed by atoms with Crippen LogP contribution in [0.2, 0.25) is 0 Å². The molecular weight excluding hydrogens is 320 g/mol. The van der Waals surface area contributed by atoms with E-state index >= 15 is 0 Å². The number of hydrogen-bond donors (Lipinski definition) is 2. The summed E-state index contributed by atoms with van der Waals surface area (Å²) in [5.74, 6) is -0.118.